The summed E-state index contributed by atoms with van der Waals surface area (Å²) in [5.41, 5.74) is 0.650. The molecule has 0 N–H and O–H groups in total. The Labute approximate surface area is 144 Å². The maximum atomic E-state index is 12.6. The standard InChI is InChI=1S/C15H16ClN3O4S/c1-2-19(12-7-8-24(21,22)9-12)15(20)14-18-17-13(23-14)10-3-5-11(16)6-4-10/h3-6,12H,2,7-9H2,1H3. The normalized spacial score (nSPS) is 19.3. The van der Waals surface area contributed by atoms with Crippen molar-refractivity contribution in [2.75, 3.05) is 18.1 Å². The predicted octanol–water partition coefficient (Wildman–Crippen LogP) is 2.04. The van der Waals surface area contributed by atoms with Gasteiger partial charge < -0.3 is 9.32 Å². The molecule has 0 bridgehead atoms. The van der Waals surface area contributed by atoms with Crippen molar-refractivity contribution in [3.8, 4) is 11.5 Å². The molecule has 1 amide bonds. The van der Waals surface area contributed by atoms with E-state index in [-0.39, 0.29) is 29.3 Å². The average Bonchev–Trinajstić information content (AvgIpc) is 3.16. The molecule has 2 aromatic rings. The van der Waals surface area contributed by atoms with Gasteiger partial charge in [0.1, 0.15) is 0 Å². The van der Waals surface area contributed by atoms with Gasteiger partial charge in [-0.2, -0.15) is 0 Å². The van der Waals surface area contributed by atoms with Crippen LogP contribution in [-0.2, 0) is 9.84 Å². The van der Waals surface area contributed by atoms with E-state index in [1.54, 1.807) is 31.2 Å². The number of halogens is 1. The summed E-state index contributed by atoms with van der Waals surface area (Å²) in [7, 11) is -3.08. The van der Waals surface area contributed by atoms with Crippen molar-refractivity contribution in [2.24, 2.45) is 0 Å². The van der Waals surface area contributed by atoms with Gasteiger partial charge in [-0.25, -0.2) is 8.42 Å². The molecule has 1 aromatic carbocycles. The largest absolute Gasteiger partial charge is 0.412 e. The molecule has 3 rings (SSSR count). The van der Waals surface area contributed by atoms with Crippen LogP contribution in [0.5, 0.6) is 0 Å². The topological polar surface area (TPSA) is 93.4 Å². The van der Waals surface area contributed by atoms with E-state index in [0.29, 0.717) is 23.6 Å². The highest BCUT2D eigenvalue weighted by molar-refractivity contribution is 7.91. The first kappa shape index (κ1) is 16.9. The molecular weight excluding hydrogens is 354 g/mol. The summed E-state index contributed by atoms with van der Waals surface area (Å²) in [4.78, 5) is 14.1. The minimum atomic E-state index is -3.08. The van der Waals surface area contributed by atoms with Crippen molar-refractivity contribution in [1.29, 1.82) is 0 Å². The molecule has 1 fully saturated rings. The molecule has 7 nitrogen and oxygen atoms in total. The van der Waals surface area contributed by atoms with Crippen molar-refractivity contribution >= 4 is 27.3 Å². The molecule has 1 aromatic heterocycles. The van der Waals surface area contributed by atoms with E-state index < -0.39 is 15.7 Å². The number of carbonyl (C=O) groups is 1. The van der Waals surface area contributed by atoms with Crippen LogP contribution in [0.3, 0.4) is 0 Å². The molecule has 0 aliphatic carbocycles. The Kier molecular flexibility index (Phi) is 4.60. The second kappa shape index (κ2) is 6.52. The fraction of sp³-hybridized carbons (Fsp3) is 0.400. The third-order valence-electron chi connectivity index (χ3n) is 3.95. The van der Waals surface area contributed by atoms with Crippen LogP contribution in [0.1, 0.15) is 24.0 Å². The molecule has 0 radical (unpaired) electrons. The van der Waals surface area contributed by atoms with E-state index in [2.05, 4.69) is 10.2 Å². The Morgan fingerprint density at radius 1 is 1.33 bits per heavy atom. The number of aromatic nitrogens is 2. The van der Waals surface area contributed by atoms with E-state index in [1.807, 2.05) is 0 Å². The first-order chi connectivity index (χ1) is 11.4. The summed E-state index contributed by atoms with van der Waals surface area (Å²) in [5, 5.41) is 8.26. The number of nitrogens with zero attached hydrogens (tertiary/aromatic N) is 3. The molecule has 24 heavy (non-hydrogen) atoms. The number of carbonyl (C=O) groups excluding carboxylic acids is 1. The third kappa shape index (κ3) is 3.44. The van der Waals surface area contributed by atoms with Crippen molar-refractivity contribution in [2.45, 2.75) is 19.4 Å². The molecular formula is C15H16ClN3O4S. The number of sulfone groups is 1. The Balaban J connectivity index is 1.80. The fourth-order valence-corrected chi connectivity index (χ4v) is 4.59. The summed E-state index contributed by atoms with van der Waals surface area (Å²) in [6, 6.07) is 6.45. The number of hydrogen-bond donors (Lipinski definition) is 0. The zero-order chi connectivity index (χ0) is 17.3. The van der Waals surface area contributed by atoms with Gasteiger partial charge in [-0.3, -0.25) is 4.79 Å². The molecule has 1 unspecified atom stereocenters. The van der Waals surface area contributed by atoms with E-state index in [9.17, 15) is 13.2 Å². The van der Waals surface area contributed by atoms with Gasteiger partial charge in [0.25, 0.3) is 0 Å². The molecule has 0 saturated carbocycles. The highest BCUT2D eigenvalue weighted by atomic mass is 35.5. The molecule has 9 heteroatoms. The second-order valence-corrected chi connectivity index (χ2v) is 8.23. The van der Waals surface area contributed by atoms with Gasteiger partial charge in [0.15, 0.2) is 9.84 Å². The fourth-order valence-electron chi connectivity index (χ4n) is 2.73. The lowest BCUT2D eigenvalue weighted by molar-refractivity contribution is 0.0668. The van der Waals surface area contributed by atoms with E-state index in [1.165, 1.54) is 4.90 Å². The SMILES string of the molecule is CCN(C(=O)c1nnc(-c2ccc(Cl)cc2)o1)C1CCS(=O)(=O)C1. The summed E-state index contributed by atoms with van der Waals surface area (Å²) in [6.45, 7) is 2.16. The smallest absolute Gasteiger partial charge is 0.311 e. The first-order valence-electron chi connectivity index (χ1n) is 7.50. The lowest BCUT2D eigenvalue weighted by Crippen LogP contribution is -2.41. The zero-order valence-corrected chi connectivity index (χ0v) is 14.5. The van der Waals surface area contributed by atoms with Gasteiger partial charge in [-0.15, -0.1) is 10.2 Å². The number of amides is 1. The van der Waals surface area contributed by atoms with Gasteiger partial charge in [-0.05, 0) is 37.6 Å². The molecule has 128 valence electrons. The van der Waals surface area contributed by atoms with Crippen LogP contribution in [0, 0.1) is 0 Å². The Bertz CT molecular complexity index is 848. The zero-order valence-electron chi connectivity index (χ0n) is 13.0. The van der Waals surface area contributed by atoms with Gasteiger partial charge in [0, 0.05) is 23.2 Å². The van der Waals surface area contributed by atoms with Crippen molar-refractivity contribution in [3.63, 3.8) is 0 Å². The lowest BCUT2D eigenvalue weighted by Gasteiger charge is -2.25. The summed E-state index contributed by atoms with van der Waals surface area (Å²) in [5.74, 6) is -0.310. The van der Waals surface area contributed by atoms with Crippen LogP contribution >= 0.6 is 11.6 Å². The Morgan fingerprint density at radius 2 is 2.04 bits per heavy atom. The van der Waals surface area contributed by atoms with Crippen LogP contribution in [0.2, 0.25) is 5.02 Å². The predicted molar refractivity (Wildman–Crippen MR) is 88.5 cm³/mol. The maximum absolute atomic E-state index is 12.6. The molecule has 1 aliphatic heterocycles. The number of rotatable bonds is 4. The monoisotopic (exact) mass is 369 g/mol. The lowest BCUT2D eigenvalue weighted by atomic mass is 10.2. The van der Waals surface area contributed by atoms with Crippen LogP contribution in [-0.4, -0.2) is 53.5 Å². The summed E-state index contributed by atoms with van der Waals surface area (Å²) >= 11 is 5.83. The minimum absolute atomic E-state index is 0.0231. The van der Waals surface area contributed by atoms with E-state index >= 15 is 0 Å². The van der Waals surface area contributed by atoms with Crippen molar-refractivity contribution < 1.29 is 17.6 Å². The van der Waals surface area contributed by atoms with Crippen LogP contribution in [0.15, 0.2) is 28.7 Å². The number of benzene rings is 1. The second-order valence-electron chi connectivity index (χ2n) is 5.57. The van der Waals surface area contributed by atoms with Gasteiger partial charge in [0.2, 0.25) is 5.89 Å². The van der Waals surface area contributed by atoms with Gasteiger partial charge >= 0.3 is 11.8 Å². The Hall–Kier alpha value is -1.93. The molecule has 1 aliphatic rings. The van der Waals surface area contributed by atoms with Gasteiger partial charge in [0.05, 0.1) is 11.5 Å². The highest BCUT2D eigenvalue weighted by Crippen LogP contribution is 2.23. The molecule has 1 atom stereocenters. The third-order valence-corrected chi connectivity index (χ3v) is 5.95. The van der Waals surface area contributed by atoms with Crippen molar-refractivity contribution in [1.82, 2.24) is 15.1 Å². The van der Waals surface area contributed by atoms with Crippen LogP contribution in [0.4, 0.5) is 0 Å². The summed E-state index contributed by atoms with van der Waals surface area (Å²) in [6.07, 6.45) is 0.431. The van der Waals surface area contributed by atoms with E-state index in [0.717, 1.165) is 0 Å². The Morgan fingerprint density at radius 3 is 2.62 bits per heavy atom. The van der Waals surface area contributed by atoms with E-state index in [4.69, 9.17) is 16.0 Å². The summed E-state index contributed by atoms with van der Waals surface area (Å²) < 4.78 is 28.7. The first-order valence-corrected chi connectivity index (χ1v) is 9.70. The average molecular weight is 370 g/mol. The van der Waals surface area contributed by atoms with Crippen molar-refractivity contribution in [3.05, 3.63) is 35.2 Å². The highest BCUT2D eigenvalue weighted by Gasteiger charge is 2.35. The molecule has 1 saturated heterocycles. The maximum Gasteiger partial charge on any atom is 0.311 e. The van der Waals surface area contributed by atoms with Gasteiger partial charge in [-0.1, -0.05) is 11.6 Å². The molecule has 2 heterocycles. The van der Waals surface area contributed by atoms with Crippen LogP contribution in [0.25, 0.3) is 11.5 Å². The number of hydrogen-bond acceptors (Lipinski definition) is 6. The van der Waals surface area contributed by atoms with Crippen LogP contribution < -0.4 is 0 Å². The quantitative estimate of drug-likeness (QED) is 0.818. The molecule has 0 spiro atoms. The minimum Gasteiger partial charge on any atom is -0.412 e.